The molecule has 3 atom stereocenters. The van der Waals surface area contributed by atoms with Crippen molar-refractivity contribution in [3.8, 4) is 11.5 Å². The smallest absolute Gasteiger partial charge is 0.548 e. The first-order valence-electron chi connectivity index (χ1n) is 8.12. The Balaban J connectivity index is 0.00000280. The van der Waals surface area contributed by atoms with Gasteiger partial charge in [-0.1, -0.05) is 0 Å². The van der Waals surface area contributed by atoms with Crippen LogP contribution in [-0.4, -0.2) is 58.6 Å². The molecule has 0 saturated carbocycles. The molecule has 0 radical (unpaired) electrons. The number of aliphatic carboxylic acids is 1. The second-order valence-corrected chi connectivity index (χ2v) is 8.48. The molecular formula is C17H18FKN2O6S. The summed E-state index contributed by atoms with van der Waals surface area (Å²) in [5.74, 6) is -2.81. The molecule has 1 N–H and O–H groups in total. The van der Waals surface area contributed by atoms with E-state index in [0.717, 1.165) is 6.07 Å². The number of halogens is 1. The van der Waals surface area contributed by atoms with Crippen molar-refractivity contribution in [1.29, 1.82) is 0 Å². The first kappa shape index (κ1) is 23.4. The molecule has 28 heavy (non-hydrogen) atoms. The van der Waals surface area contributed by atoms with Crippen LogP contribution in [-0.2, 0) is 14.4 Å². The zero-order valence-electron chi connectivity index (χ0n) is 15.9. The third kappa shape index (κ3) is 4.34. The van der Waals surface area contributed by atoms with Crippen molar-refractivity contribution in [2.75, 3.05) is 13.7 Å². The first-order chi connectivity index (χ1) is 12.7. The van der Waals surface area contributed by atoms with Gasteiger partial charge in [-0.25, -0.2) is 4.39 Å². The van der Waals surface area contributed by atoms with E-state index in [2.05, 4.69) is 5.32 Å². The van der Waals surface area contributed by atoms with E-state index in [1.807, 2.05) is 0 Å². The van der Waals surface area contributed by atoms with Gasteiger partial charge in [0.25, 0.3) is 5.91 Å². The molecule has 0 unspecified atom stereocenters. The Kier molecular flexibility index (Phi) is 7.43. The Bertz CT molecular complexity index is 808. The number of hydrogen-bond donors (Lipinski definition) is 1. The monoisotopic (exact) mass is 436 g/mol. The van der Waals surface area contributed by atoms with Gasteiger partial charge < -0.3 is 29.6 Å². The van der Waals surface area contributed by atoms with Gasteiger partial charge in [0, 0.05) is 10.8 Å². The van der Waals surface area contributed by atoms with Crippen LogP contribution in [0, 0.1) is 5.82 Å². The molecule has 2 heterocycles. The number of β-lactam (4-membered cyclic amide) rings is 1. The Hall–Kier alpha value is -0.854. The van der Waals surface area contributed by atoms with Crippen molar-refractivity contribution in [2.24, 2.45) is 0 Å². The standard InChI is InChI=1S/C17H19FN2O6S.K/c1-17(2)13(16(23)24)20-14(22)12(15(20)27-17)19-11(21)7-26-8-4-5-10(25-3)9(18)6-8;/h4-6,12-13,15H,7H2,1-3H3,(H,19,21)(H,23,24);/q;+1/p-1/t12-,13+,15-;/m1./s1. The molecule has 0 bridgehead atoms. The maximum absolute atomic E-state index is 13.6. The number of thioether (sulfide) groups is 1. The van der Waals surface area contributed by atoms with Crippen molar-refractivity contribution in [1.82, 2.24) is 10.2 Å². The number of hydrogen-bond acceptors (Lipinski definition) is 7. The maximum Gasteiger partial charge on any atom is 1.00 e. The summed E-state index contributed by atoms with van der Waals surface area (Å²) in [5, 5.41) is 13.4. The normalized spacial score (nSPS) is 24.5. The second kappa shape index (κ2) is 8.88. The van der Waals surface area contributed by atoms with Gasteiger partial charge in [-0.15, -0.1) is 11.8 Å². The molecular weight excluding hydrogens is 418 g/mol. The molecule has 2 saturated heterocycles. The van der Waals surface area contributed by atoms with Crippen LogP contribution in [0.3, 0.4) is 0 Å². The first-order valence-corrected chi connectivity index (χ1v) is 9.00. The Morgan fingerprint density at radius 2 is 2.07 bits per heavy atom. The Morgan fingerprint density at radius 1 is 1.39 bits per heavy atom. The molecule has 0 spiro atoms. The fraction of sp³-hybridized carbons (Fsp3) is 0.471. The summed E-state index contributed by atoms with van der Waals surface area (Å²) in [6.07, 6.45) is 0. The molecule has 2 amide bonds. The van der Waals surface area contributed by atoms with Gasteiger partial charge >= 0.3 is 51.4 Å². The number of carboxylic acid groups (broad SMARTS) is 1. The predicted octanol–water partition coefficient (Wildman–Crippen LogP) is -3.49. The number of benzene rings is 1. The van der Waals surface area contributed by atoms with E-state index in [4.69, 9.17) is 9.47 Å². The molecule has 1 aromatic carbocycles. The summed E-state index contributed by atoms with van der Waals surface area (Å²) in [6.45, 7) is 3.01. The largest absolute Gasteiger partial charge is 1.00 e. The summed E-state index contributed by atoms with van der Waals surface area (Å²) in [5.41, 5.74) is 0. The van der Waals surface area contributed by atoms with Crippen LogP contribution in [0.2, 0.25) is 0 Å². The van der Waals surface area contributed by atoms with E-state index in [1.165, 1.54) is 35.9 Å². The summed E-state index contributed by atoms with van der Waals surface area (Å²) in [7, 11) is 1.33. The number of amides is 2. The molecule has 2 aliphatic heterocycles. The average molecular weight is 437 g/mol. The van der Waals surface area contributed by atoms with Gasteiger partial charge in [0.15, 0.2) is 18.2 Å². The molecule has 2 fully saturated rings. The minimum Gasteiger partial charge on any atom is -0.548 e. The number of carboxylic acids is 1. The average Bonchev–Trinajstić information content (AvgIpc) is 2.86. The third-order valence-corrected chi connectivity index (χ3v) is 6.05. The fourth-order valence-electron chi connectivity index (χ4n) is 3.23. The number of carbonyl (C=O) groups excluding carboxylic acids is 3. The van der Waals surface area contributed by atoms with Crippen LogP contribution in [0.25, 0.3) is 0 Å². The van der Waals surface area contributed by atoms with Gasteiger partial charge in [-0.2, -0.15) is 0 Å². The summed E-state index contributed by atoms with van der Waals surface area (Å²) in [4.78, 5) is 36.9. The van der Waals surface area contributed by atoms with Crippen LogP contribution >= 0.6 is 11.8 Å². The topological polar surface area (TPSA) is 108 Å². The minimum absolute atomic E-state index is 0. The van der Waals surface area contributed by atoms with Gasteiger partial charge in [0.05, 0.1) is 19.1 Å². The summed E-state index contributed by atoms with van der Waals surface area (Å²) >= 11 is 1.29. The van der Waals surface area contributed by atoms with Crippen LogP contribution in [0.5, 0.6) is 11.5 Å². The number of nitrogens with one attached hydrogen (secondary N) is 1. The fourth-order valence-corrected chi connectivity index (χ4v) is 4.85. The van der Waals surface area contributed by atoms with Crippen LogP contribution < -0.4 is 71.3 Å². The number of fused-ring (bicyclic) bond motifs is 1. The number of ether oxygens (including phenoxy) is 2. The molecule has 1 aromatic rings. The van der Waals surface area contributed by atoms with Crippen molar-refractivity contribution in [3.05, 3.63) is 24.0 Å². The Labute approximate surface area is 207 Å². The molecule has 8 nitrogen and oxygen atoms in total. The number of methoxy groups -OCH3 is 1. The molecule has 0 aliphatic carbocycles. The van der Waals surface area contributed by atoms with E-state index in [0.29, 0.717) is 0 Å². The molecule has 0 aromatic heterocycles. The Morgan fingerprint density at radius 3 is 2.64 bits per heavy atom. The third-order valence-electron chi connectivity index (χ3n) is 4.47. The van der Waals surface area contributed by atoms with E-state index in [-0.39, 0.29) is 62.9 Å². The van der Waals surface area contributed by atoms with Crippen molar-refractivity contribution < 1.29 is 84.7 Å². The number of rotatable bonds is 6. The SMILES string of the molecule is COc1ccc(OCC(=O)N[C@@H]2C(=O)N3[C@@H]2SC(C)(C)[C@@H]3C(=O)[O-])cc1F.[K+]. The minimum atomic E-state index is -1.32. The van der Waals surface area contributed by atoms with Gasteiger partial charge in [0.1, 0.15) is 17.2 Å². The summed E-state index contributed by atoms with van der Waals surface area (Å²) in [6, 6.07) is 2.02. The van der Waals surface area contributed by atoms with Crippen molar-refractivity contribution >= 4 is 29.5 Å². The molecule has 146 valence electrons. The van der Waals surface area contributed by atoms with Crippen LogP contribution in [0.4, 0.5) is 4.39 Å². The zero-order valence-corrected chi connectivity index (χ0v) is 19.8. The zero-order chi connectivity index (χ0) is 19.9. The quantitative estimate of drug-likeness (QED) is 0.364. The molecule has 2 aliphatic rings. The van der Waals surface area contributed by atoms with Crippen LogP contribution in [0.15, 0.2) is 18.2 Å². The van der Waals surface area contributed by atoms with Gasteiger partial charge in [-0.3, -0.25) is 9.59 Å². The van der Waals surface area contributed by atoms with E-state index >= 15 is 0 Å². The van der Waals surface area contributed by atoms with Crippen molar-refractivity contribution in [2.45, 2.75) is 36.1 Å². The van der Waals surface area contributed by atoms with Crippen molar-refractivity contribution in [3.63, 3.8) is 0 Å². The summed E-state index contributed by atoms with van der Waals surface area (Å²) < 4.78 is 22.9. The molecule has 3 rings (SSSR count). The number of nitrogens with zero attached hydrogens (tertiary/aromatic N) is 1. The van der Waals surface area contributed by atoms with Crippen LogP contribution in [0.1, 0.15) is 13.8 Å². The van der Waals surface area contributed by atoms with E-state index in [9.17, 15) is 23.9 Å². The van der Waals surface area contributed by atoms with Gasteiger partial charge in [-0.05, 0) is 26.0 Å². The molecule has 11 heteroatoms. The maximum atomic E-state index is 13.6. The number of carbonyl (C=O) groups is 3. The second-order valence-electron chi connectivity index (χ2n) is 6.71. The van der Waals surface area contributed by atoms with E-state index < -0.39 is 52.4 Å². The van der Waals surface area contributed by atoms with E-state index in [1.54, 1.807) is 13.8 Å². The van der Waals surface area contributed by atoms with Gasteiger partial charge in [0.2, 0.25) is 5.91 Å². The predicted molar refractivity (Wildman–Crippen MR) is 91.5 cm³/mol.